The zero-order valence-corrected chi connectivity index (χ0v) is 18.4. The maximum absolute atomic E-state index is 12.9. The van der Waals surface area contributed by atoms with Gasteiger partial charge in [0.05, 0.1) is 16.8 Å². The minimum atomic E-state index is -0.478. The van der Waals surface area contributed by atoms with Crippen molar-refractivity contribution in [3.8, 4) is 11.5 Å². The van der Waals surface area contributed by atoms with Gasteiger partial charge < -0.3 is 24.1 Å². The van der Waals surface area contributed by atoms with Crippen LogP contribution >= 0.6 is 11.3 Å². The summed E-state index contributed by atoms with van der Waals surface area (Å²) in [5.41, 5.74) is 1.65. The molecule has 1 aliphatic rings. The van der Waals surface area contributed by atoms with Crippen molar-refractivity contribution < 1.29 is 28.6 Å². The average Bonchev–Trinajstić information content (AvgIpc) is 3.09. The summed E-state index contributed by atoms with van der Waals surface area (Å²) < 4.78 is 18.5. The van der Waals surface area contributed by atoms with E-state index < -0.39 is 11.9 Å². The van der Waals surface area contributed by atoms with Gasteiger partial charge in [0.1, 0.15) is 19.8 Å². The van der Waals surface area contributed by atoms with Crippen LogP contribution in [-0.4, -0.2) is 42.2 Å². The van der Waals surface area contributed by atoms with E-state index in [2.05, 4.69) is 10.3 Å². The van der Waals surface area contributed by atoms with Gasteiger partial charge in [0.2, 0.25) is 5.91 Å². The second kappa shape index (κ2) is 9.23. The monoisotopic (exact) mass is 455 g/mol. The number of ether oxygens (including phenoxy) is 3. The summed E-state index contributed by atoms with van der Waals surface area (Å²) in [6, 6.07) is 10.2. The van der Waals surface area contributed by atoms with Crippen molar-refractivity contribution in [3.05, 3.63) is 46.8 Å². The van der Waals surface area contributed by atoms with E-state index in [9.17, 15) is 14.4 Å². The number of anilines is 1. The van der Waals surface area contributed by atoms with Gasteiger partial charge in [0, 0.05) is 18.2 Å². The Bertz CT molecular complexity index is 1280. The van der Waals surface area contributed by atoms with Crippen molar-refractivity contribution in [1.82, 2.24) is 4.57 Å². The van der Waals surface area contributed by atoms with Crippen LogP contribution in [0.1, 0.15) is 24.2 Å². The number of nitrogens with one attached hydrogen (secondary N) is 1. The Morgan fingerprint density at radius 2 is 1.91 bits per heavy atom. The lowest BCUT2D eigenvalue weighted by Crippen LogP contribution is -2.23. The van der Waals surface area contributed by atoms with Crippen molar-refractivity contribution in [1.29, 1.82) is 0 Å². The predicted molar refractivity (Wildman–Crippen MR) is 118 cm³/mol. The van der Waals surface area contributed by atoms with E-state index in [-0.39, 0.29) is 19.1 Å². The Morgan fingerprint density at radius 1 is 1.12 bits per heavy atom. The van der Waals surface area contributed by atoms with Crippen molar-refractivity contribution in [3.63, 3.8) is 0 Å². The van der Waals surface area contributed by atoms with E-state index >= 15 is 0 Å². The number of carbonyl (C=O) groups excluding carboxylic acids is 3. The zero-order chi connectivity index (χ0) is 22.7. The van der Waals surface area contributed by atoms with Gasteiger partial charge in [-0.05, 0) is 43.3 Å². The van der Waals surface area contributed by atoms with Crippen LogP contribution in [-0.2, 0) is 20.9 Å². The lowest BCUT2D eigenvalue weighted by molar-refractivity contribution is -0.143. The lowest BCUT2D eigenvalue weighted by atomic mass is 10.2. The number of esters is 1. The summed E-state index contributed by atoms with van der Waals surface area (Å²) >= 11 is 1.24. The molecule has 0 radical (unpaired) electrons. The fourth-order valence-electron chi connectivity index (χ4n) is 3.26. The van der Waals surface area contributed by atoms with Crippen LogP contribution in [0.15, 0.2) is 41.4 Å². The fourth-order valence-corrected chi connectivity index (χ4v) is 4.32. The van der Waals surface area contributed by atoms with E-state index in [4.69, 9.17) is 14.2 Å². The molecular formula is C22H21N3O6S. The van der Waals surface area contributed by atoms with Crippen LogP contribution in [0.2, 0.25) is 0 Å². The van der Waals surface area contributed by atoms with E-state index in [1.807, 2.05) is 0 Å². The number of nitrogens with zero attached hydrogens (tertiary/aromatic N) is 2. The first-order valence-electron chi connectivity index (χ1n) is 10.00. The number of rotatable bonds is 5. The molecule has 10 heteroatoms. The molecule has 0 fully saturated rings. The van der Waals surface area contributed by atoms with E-state index in [1.54, 1.807) is 47.9 Å². The van der Waals surface area contributed by atoms with Crippen LogP contribution in [0.5, 0.6) is 11.5 Å². The summed E-state index contributed by atoms with van der Waals surface area (Å²) in [6.07, 6.45) is 0. The van der Waals surface area contributed by atoms with Gasteiger partial charge in [0.15, 0.2) is 16.3 Å². The van der Waals surface area contributed by atoms with Crippen molar-refractivity contribution in [2.24, 2.45) is 4.99 Å². The van der Waals surface area contributed by atoms with Crippen LogP contribution < -0.4 is 19.6 Å². The number of hydrogen-bond acceptors (Lipinski definition) is 7. The van der Waals surface area contributed by atoms with Crippen LogP contribution in [0, 0.1) is 0 Å². The van der Waals surface area contributed by atoms with Crippen molar-refractivity contribution >= 4 is 45.0 Å². The molecule has 0 saturated carbocycles. The average molecular weight is 455 g/mol. The summed E-state index contributed by atoms with van der Waals surface area (Å²) in [5, 5.41) is 2.73. The molecule has 1 aliphatic heterocycles. The first kappa shape index (κ1) is 21.6. The minimum Gasteiger partial charge on any atom is -0.486 e. The molecule has 0 bridgehead atoms. The largest absolute Gasteiger partial charge is 0.486 e. The minimum absolute atomic E-state index is 0.0967. The number of hydrogen-bond donors (Lipinski definition) is 1. The first-order chi connectivity index (χ1) is 15.4. The Kier molecular flexibility index (Phi) is 6.22. The molecule has 4 rings (SSSR count). The fraction of sp³-hybridized carbons (Fsp3) is 0.273. The Labute approximate surface area is 187 Å². The first-order valence-corrected chi connectivity index (χ1v) is 10.8. The Balaban J connectivity index is 1.76. The topological polar surface area (TPSA) is 108 Å². The molecule has 9 nitrogen and oxygen atoms in total. The van der Waals surface area contributed by atoms with Crippen molar-refractivity contribution in [2.75, 3.05) is 25.1 Å². The SMILES string of the molecule is CCOC(=O)Cn1c(=NC(=O)c2ccc3c(c2)OCCO3)sc2cc(NC(C)=O)ccc21. The molecule has 0 saturated heterocycles. The van der Waals surface area contributed by atoms with Gasteiger partial charge in [0.25, 0.3) is 5.91 Å². The molecule has 2 amide bonds. The third-order valence-corrected chi connectivity index (χ3v) is 5.62. The number of aromatic nitrogens is 1. The number of benzene rings is 2. The molecule has 3 aromatic rings. The van der Waals surface area contributed by atoms with Gasteiger partial charge in [-0.15, -0.1) is 0 Å². The number of amides is 2. The zero-order valence-electron chi connectivity index (χ0n) is 17.5. The Morgan fingerprint density at radius 3 is 2.66 bits per heavy atom. The molecule has 0 aliphatic carbocycles. The molecule has 32 heavy (non-hydrogen) atoms. The van der Waals surface area contributed by atoms with E-state index in [0.29, 0.717) is 46.3 Å². The molecule has 2 aromatic carbocycles. The molecule has 0 atom stereocenters. The highest BCUT2D eigenvalue weighted by molar-refractivity contribution is 7.16. The molecule has 2 heterocycles. The van der Waals surface area contributed by atoms with Gasteiger partial charge in [-0.25, -0.2) is 0 Å². The van der Waals surface area contributed by atoms with Gasteiger partial charge in [-0.3, -0.25) is 14.4 Å². The van der Waals surface area contributed by atoms with E-state index in [0.717, 1.165) is 4.70 Å². The molecular weight excluding hydrogens is 434 g/mol. The third kappa shape index (κ3) is 4.65. The normalized spacial score (nSPS) is 13.1. The van der Waals surface area contributed by atoms with Gasteiger partial charge in [-0.1, -0.05) is 11.3 Å². The molecule has 166 valence electrons. The standard InChI is InChI=1S/C22H21N3O6S/c1-3-29-20(27)12-25-16-6-5-15(23-13(2)26)11-19(16)32-22(25)24-21(28)14-4-7-17-18(10-14)31-9-8-30-17/h4-7,10-11H,3,8-9,12H2,1-2H3,(H,23,26). The third-order valence-electron chi connectivity index (χ3n) is 4.58. The molecule has 0 unspecified atom stereocenters. The highest BCUT2D eigenvalue weighted by atomic mass is 32.1. The van der Waals surface area contributed by atoms with Crippen LogP contribution in [0.3, 0.4) is 0 Å². The number of fused-ring (bicyclic) bond motifs is 2. The quantitative estimate of drug-likeness (QED) is 0.593. The highest BCUT2D eigenvalue weighted by Gasteiger charge is 2.17. The Hall–Kier alpha value is -3.66. The van der Waals surface area contributed by atoms with Crippen LogP contribution in [0.25, 0.3) is 10.2 Å². The highest BCUT2D eigenvalue weighted by Crippen LogP contribution is 2.31. The maximum Gasteiger partial charge on any atom is 0.326 e. The summed E-state index contributed by atoms with van der Waals surface area (Å²) in [6.45, 7) is 4.17. The molecule has 0 spiro atoms. The summed E-state index contributed by atoms with van der Waals surface area (Å²) in [7, 11) is 0. The van der Waals surface area contributed by atoms with Crippen molar-refractivity contribution in [2.45, 2.75) is 20.4 Å². The summed E-state index contributed by atoms with van der Waals surface area (Å²) in [4.78, 5) is 41.1. The number of thiazole rings is 1. The molecule has 1 aromatic heterocycles. The second-order valence-electron chi connectivity index (χ2n) is 6.91. The van der Waals surface area contributed by atoms with Gasteiger partial charge in [-0.2, -0.15) is 4.99 Å². The maximum atomic E-state index is 12.9. The smallest absolute Gasteiger partial charge is 0.326 e. The lowest BCUT2D eigenvalue weighted by Gasteiger charge is -2.18. The summed E-state index contributed by atoms with van der Waals surface area (Å²) in [5.74, 6) is -0.0379. The predicted octanol–water partition coefficient (Wildman–Crippen LogP) is 2.74. The van der Waals surface area contributed by atoms with Gasteiger partial charge >= 0.3 is 5.97 Å². The number of carbonyl (C=O) groups is 3. The van der Waals surface area contributed by atoms with Crippen LogP contribution in [0.4, 0.5) is 5.69 Å². The second-order valence-corrected chi connectivity index (χ2v) is 7.92. The van der Waals surface area contributed by atoms with E-state index in [1.165, 1.54) is 18.3 Å². The molecule has 1 N–H and O–H groups in total.